The Kier molecular flexibility index (Phi) is 5.45. The van der Waals surface area contributed by atoms with Gasteiger partial charge in [-0.1, -0.05) is 11.6 Å². The van der Waals surface area contributed by atoms with Crippen molar-refractivity contribution in [3.63, 3.8) is 0 Å². The van der Waals surface area contributed by atoms with Crippen molar-refractivity contribution >= 4 is 40.5 Å². The van der Waals surface area contributed by atoms with Gasteiger partial charge in [0.1, 0.15) is 11.4 Å². The van der Waals surface area contributed by atoms with Crippen LogP contribution in [0.4, 0.5) is 26.2 Å². The fourth-order valence-electron chi connectivity index (χ4n) is 3.15. The number of carbonyl (C=O) groups is 2. The summed E-state index contributed by atoms with van der Waals surface area (Å²) in [6.45, 7) is 5.56. The van der Waals surface area contributed by atoms with Gasteiger partial charge in [-0.05, 0) is 56.7 Å². The van der Waals surface area contributed by atoms with Crippen LogP contribution in [0.3, 0.4) is 0 Å². The second-order valence-electron chi connectivity index (χ2n) is 7.99. The summed E-state index contributed by atoms with van der Waals surface area (Å²) >= 11 is 6.26. The predicted molar refractivity (Wildman–Crippen MR) is 112 cm³/mol. The van der Waals surface area contributed by atoms with Gasteiger partial charge in [0.25, 0.3) is 0 Å². The largest absolute Gasteiger partial charge is 0.443 e. The summed E-state index contributed by atoms with van der Waals surface area (Å²) in [7, 11) is 1.41. The van der Waals surface area contributed by atoms with Gasteiger partial charge in [-0.15, -0.1) is 0 Å². The number of Topliss-reactive ketones (excluding diaryl/α,β-unsaturated/α-hetero) is 1. The molecule has 2 N–H and O–H groups in total. The van der Waals surface area contributed by atoms with Gasteiger partial charge in [0.05, 0.1) is 22.9 Å². The van der Waals surface area contributed by atoms with Crippen LogP contribution in [-0.4, -0.2) is 31.1 Å². The first-order valence-corrected chi connectivity index (χ1v) is 9.46. The molecule has 2 aromatic rings. The highest BCUT2D eigenvalue weighted by molar-refractivity contribution is 6.33. The van der Waals surface area contributed by atoms with E-state index in [-0.39, 0.29) is 18.0 Å². The van der Waals surface area contributed by atoms with E-state index in [0.717, 1.165) is 4.90 Å². The van der Waals surface area contributed by atoms with Crippen LogP contribution in [-0.2, 0) is 11.3 Å². The standard InChI is InChI=1S/C21H23ClFN3O3/c1-21(2,3)29-20(28)25(4)18-9-14-12(7-16(18)23)10-26(11-19(14)27)17-6-5-13(24)8-15(17)22/h5-9H,10-11,24H2,1-4H3. The van der Waals surface area contributed by atoms with Crippen molar-refractivity contribution in [3.05, 3.63) is 52.3 Å². The molecular formula is C21H23ClFN3O3. The molecule has 0 aliphatic carbocycles. The molecule has 1 heterocycles. The van der Waals surface area contributed by atoms with Gasteiger partial charge >= 0.3 is 6.09 Å². The number of nitrogen functional groups attached to an aromatic ring is 1. The fraction of sp³-hybridized carbons (Fsp3) is 0.333. The third kappa shape index (κ3) is 4.45. The van der Waals surface area contributed by atoms with E-state index in [9.17, 15) is 14.0 Å². The SMILES string of the molecule is CN(C(=O)OC(C)(C)C)c1cc2c(cc1F)CN(c1ccc(N)cc1Cl)CC2=O. The molecule has 1 amide bonds. The average molecular weight is 420 g/mol. The van der Waals surface area contributed by atoms with Crippen molar-refractivity contribution in [3.8, 4) is 0 Å². The fourth-order valence-corrected chi connectivity index (χ4v) is 3.46. The van der Waals surface area contributed by atoms with E-state index in [0.29, 0.717) is 34.1 Å². The maximum Gasteiger partial charge on any atom is 0.414 e. The molecule has 0 aromatic heterocycles. The molecule has 0 radical (unpaired) electrons. The number of fused-ring (bicyclic) bond motifs is 1. The molecule has 0 fully saturated rings. The van der Waals surface area contributed by atoms with E-state index in [4.69, 9.17) is 22.1 Å². The zero-order valence-corrected chi connectivity index (χ0v) is 17.5. The van der Waals surface area contributed by atoms with E-state index in [2.05, 4.69) is 0 Å². The number of hydrogen-bond acceptors (Lipinski definition) is 5. The third-order valence-corrected chi connectivity index (χ3v) is 4.81. The minimum atomic E-state index is -0.718. The van der Waals surface area contributed by atoms with Gasteiger partial charge < -0.3 is 15.4 Å². The van der Waals surface area contributed by atoms with E-state index >= 15 is 0 Å². The van der Waals surface area contributed by atoms with Crippen LogP contribution >= 0.6 is 11.6 Å². The molecule has 6 nitrogen and oxygen atoms in total. The van der Waals surface area contributed by atoms with E-state index in [1.807, 2.05) is 0 Å². The van der Waals surface area contributed by atoms with Crippen LogP contribution in [0.15, 0.2) is 30.3 Å². The highest BCUT2D eigenvalue weighted by atomic mass is 35.5. The molecule has 2 aromatic carbocycles. The lowest BCUT2D eigenvalue weighted by molar-refractivity contribution is 0.0588. The number of anilines is 3. The summed E-state index contributed by atoms with van der Waals surface area (Å²) in [6, 6.07) is 7.72. The van der Waals surface area contributed by atoms with Crippen molar-refractivity contribution in [2.45, 2.75) is 32.9 Å². The molecule has 154 valence electrons. The number of nitrogens with two attached hydrogens (primary N) is 1. The highest BCUT2D eigenvalue weighted by Gasteiger charge is 2.29. The number of rotatable bonds is 2. The molecule has 0 atom stereocenters. The number of halogens is 2. The first-order valence-electron chi connectivity index (χ1n) is 9.08. The Morgan fingerprint density at radius 2 is 1.93 bits per heavy atom. The average Bonchev–Trinajstić information content (AvgIpc) is 2.59. The van der Waals surface area contributed by atoms with Crippen molar-refractivity contribution in [1.29, 1.82) is 0 Å². The third-order valence-electron chi connectivity index (χ3n) is 4.51. The number of ketones is 1. The molecule has 0 unspecified atom stereocenters. The Bertz CT molecular complexity index is 988. The van der Waals surface area contributed by atoms with Crippen LogP contribution in [0.1, 0.15) is 36.7 Å². The lowest BCUT2D eigenvalue weighted by Gasteiger charge is -2.31. The molecule has 0 saturated carbocycles. The Morgan fingerprint density at radius 3 is 2.55 bits per heavy atom. The summed E-state index contributed by atoms with van der Waals surface area (Å²) < 4.78 is 20.1. The topological polar surface area (TPSA) is 75.9 Å². The maximum absolute atomic E-state index is 14.8. The Balaban J connectivity index is 1.91. The normalized spacial score (nSPS) is 13.9. The van der Waals surface area contributed by atoms with Crippen LogP contribution in [0.25, 0.3) is 0 Å². The number of ether oxygens (including phenoxy) is 1. The van der Waals surface area contributed by atoms with Crippen molar-refractivity contribution in [2.75, 3.05) is 29.1 Å². The van der Waals surface area contributed by atoms with Gasteiger partial charge in [0.2, 0.25) is 0 Å². The lowest BCUT2D eigenvalue weighted by Crippen LogP contribution is -2.37. The monoisotopic (exact) mass is 419 g/mol. The maximum atomic E-state index is 14.8. The van der Waals surface area contributed by atoms with Gasteiger partial charge in [-0.2, -0.15) is 0 Å². The zero-order chi connectivity index (χ0) is 21.5. The molecule has 0 saturated heterocycles. The van der Waals surface area contributed by atoms with Gasteiger partial charge in [-0.3, -0.25) is 9.69 Å². The summed E-state index contributed by atoms with van der Waals surface area (Å²) in [5, 5.41) is 0.419. The molecule has 1 aliphatic rings. The molecule has 0 spiro atoms. The van der Waals surface area contributed by atoms with Gasteiger partial charge in [0.15, 0.2) is 5.78 Å². The zero-order valence-electron chi connectivity index (χ0n) is 16.8. The minimum Gasteiger partial charge on any atom is -0.443 e. The number of benzene rings is 2. The quantitative estimate of drug-likeness (QED) is 0.718. The van der Waals surface area contributed by atoms with Crippen molar-refractivity contribution < 1.29 is 18.7 Å². The summed E-state index contributed by atoms with van der Waals surface area (Å²) in [4.78, 5) is 27.9. The minimum absolute atomic E-state index is 0.00897. The summed E-state index contributed by atoms with van der Waals surface area (Å²) in [5.41, 5.74) is 7.06. The lowest BCUT2D eigenvalue weighted by atomic mass is 9.96. The molecular weight excluding hydrogens is 397 g/mol. The van der Waals surface area contributed by atoms with Gasteiger partial charge in [0, 0.05) is 24.8 Å². The first kappa shape index (κ1) is 20.9. The number of hydrogen-bond donors (Lipinski definition) is 1. The molecule has 0 bridgehead atoms. The Labute approximate surface area is 174 Å². The molecule has 8 heteroatoms. The number of carbonyl (C=O) groups excluding carboxylic acids is 2. The van der Waals surface area contributed by atoms with Crippen LogP contribution in [0, 0.1) is 5.82 Å². The number of amides is 1. The smallest absolute Gasteiger partial charge is 0.414 e. The summed E-state index contributed by atoms with van der Waals surface area (Å²) in [5.74, 6) is -0.812. The van der Waals surface area contributed by atoms with E-state index in [1.165, 1.54) is 19.2 Å². The highest BCUT2D eigenvalue weighted by Crippen LogP contribution is 2.34. The van der Waals surface area contributed by atoms with Crippen molar-refractivity contribution in [2.24, 2.45) is 0 Å². The Hall–Kier alpha value is -2.80. The van der Waals surface area contributed by atoms with Crippen LogP contribution in [0.5, 0.6) is 0 Å². The second kappa shape index (κ2) is 7.55. The molecule has 29 heavy (non-hydrogen) atoms. The van der Waals surface area contributed by atoms with Crippen LogP contribution < -0.4 is 15.5 Å². The van der Waals surface area contributed by atoms with Crippen molar-refractivity contribution in [1.82, 2.24) is 0 Å². The first-order chi connectivity index (χ1) is 13.5. The van der Waals surface area contributed by atoms with E-state index < -0.39 is 17.5 Å². The number of nitrogens with zero attached hydrogens (tertiary/aromatic N) is 2. The van der Waals surface area contributed by atoms with Crippen LogP contribution in [0.2, 0.25) is 5.02 Å². The Morgan fingerprint density at radius 1 is 1.24 bits per heavy atom. The predicted octanol–water partition coefficient (Wildman–Crippen LogP) is 4.64. The second-order valence-corrected chi connectivity index (χ2v) is 8.40. The molecule has 3 rings (SSSR count). The molecule has 1 aliphatic heterocycles. The van der Waals surface area contributed by atoms with E-state index in [1.54, 1.807) is 43.9 Å². The van der Waals surface area contributed by atoms with Gasteiger partial charge in [-0.25, -0.2) is 9.18 Å². The summed E-state index contributed by atoms with van der Waals surface area (Å²) in [6.07, 6.45) is -0.699.